The number of cyclic esters (lactones) is 1. The molecule has 10 heteroatoms. The highest BCUT2D eigenvalue weighted by Crippen LogP contribution is 2.26. The second-order valence-corrected chi connectivity index (χ2v) is 8.58. The van der Waals surface area contributed by atoms with Crippen LogP contribution in [0.1, 0.15) is 11.1 Å². The van der Waals surface area contributed by atoms with Crippen LogP contribution in [-0.4, -0.2) is 38.6 Å². The molecule has 3 rings (SSSR count). The van der Waals surface area contributed by atoms with Crippen LogP contribution in [0.2, 0.25) is 0 Å². The van der Waals surface area contributed by atoms with E-state index in [1.165, 1.54) is 18.2 Å². The van der Waals surface area contributed by atoms with Crippen molar-refractivity contribution in [3.8, 4) is 5.75 Å². The molecule has 0 fully saturated rings. The highest BCUT2D eigenvalue weighted by molar-refractivity contribution is 7.86. The molecule has 1 heterocycles. The quantitative estimate of drug-likeness (QED) is 0.237. The van der Waals surface area contributed by atoms with Gasteiger partial charge in [0.25, 0.3) is 15.9 Å². The SMILES string of the molecule is Cc1ccc(S(=O)(=O)OCCOc2ccc(COC3=C(O)/C(=C\CCl)OC3=O)cc2)cc1. The summed E-state index contributed by atoms with van der Waals surface area (Å²) >= 11 is 5.54. The van der Waals surface area contributed by atoms with E-state index in [9.17, 15) is 18.3 Å². The highest BCUT2D eigenvalue weighted by Gasteiger charge is 2.31. The van der Waals surface area contributed by atoms with Gasteiger partial charge in [-0.3, -0.25) is 4.18 Å². The van der Waals surface area contributed by atoms with Crippen molar-refractivity contribution in [3.63, 3.8) is 0 Å². The van der Waals surface area contributed by atoms with E-state index >= 15 is 0 Å². The highest BCUT2D eigenvalue weighted by atomic mass is 35.5. The fourth-order valence-electron chi connectivity index (χ4n) is 2.65. The van der Waals surface area contributed by atoms with Crippen LogP contribution in [0.25, 0.3) is 0 Å². The first-order valence-electron chi connectivity index (χ1n) is 9.52. The topological polar surface area (TPSA) is 108 Å². The first-order valence-corrected chi connectivity index (χ1v) is 11.5. The molecule has 0 spiro atoms. The van der Waals surface area contributed by atoms with Crippen LogP contribution in [-0.2, 0) is 35.2 Å². The lowest BCUT2D eigenvalue weighted by Gasteiger charge is -2.09. The average molecular weight is 481 g/mol. The standard InChI is InChI=1S/C22H21ClO8S/c1-15-2-8-18(9-3-15)32(26,27)30-13-12-28-17-6-4-16(5-7-17)14-29-21-20(24)19(10-11-23)31-22(21)25/h2-10,24H,11-14H2,1H3/b19-10+. The van der Waals surface area contributed by atoms with Crippen LogP contribution >= 0.6 is 11.6 Å². The van der Waals surface area contributed by atoms with Gasteiger partial charge < -0.3 is 19.3 Å². The van der Waals surface area contributed by atoms with Crippen LogP contribution < -0.4 is 4.74 Å². The maximum atomic E-state index is 12.1. The van der Waals surface area contributed by atoms with Crippen molar-refractivity contribution in [2.75, 3.05) is 19.1 Å². The molecule has 8 nitrogen and oxygen atoms in total. The number of halogens is 1. The van der Waals surface area contributed by atoms with Crippen LogP contribution in [0.15, 0.2) is 76.8 Å². The van der Waals surface area contributed by atoms with E-state index in [-0.39, 0.29) is 42.1 Å². The van der Waals surface area contributed by atoms with Gasteiger partial charge in [-0.15, -0.1) is 11.6 Å². The normalized spacial score (nSPS) is 15.2. The van der Waals surface area contributed by atoms with E-state index in [0.29, 0.717) is 11.3 Å². The summed E-state index contributed by atoms with van der Waals surface area (Å²) in [5, 5.41) is 9.94. The molecule has 0 atom stereocenters. The molecule has 1 aliphatic heterocycles. The van der Waals surface area contributed by atoms with Gasteiger partial charge >= 0.3 is 5.97 Å². The van der Waals surface area contributed by atoms with E-state index in [1.54, 1.807) is 36.4 Å². The molecule has 32 heavy (non-hydrogen) atoms. The Hall–Kier alpha value is -3.01. The number of alkyl halides is 1. The second-order valence-electron chi connectivity index (χ2n) is 6.66. The number of aryl methyl sites for hydroxylation is 1. The van der Waals surface area contributed by atoms with Gasteiger partial charge in [0.05, 0.1) is 4.90 Å². The van der Waals surface area contributed by atoms with Crippen LogP contribution in [0.5, 0.6) is 5.75 Å². The number of allylic oxidation sites excluding steroid dienone is 1. The molecule has 2 aromatic rings. The maximum Gasteiger partial charge on any atom is 0.383 e. The third kappa shape index (κ3) is 6.03. The number of aliphatic hydroxyl groups is 1. The van der Waals surface area contributed by atoms with Gasteiger partial charge in [-0.1, -0.05) is 29.8 Å². The van der Waals surface area contributed by atoms with Crippen molar-refractivity contribution in [2.45, 2.75) is 18.4 Å². The lowest BCUT2D eigenvalue weighted by Crippen LogP contribution is -2.13. The lowest BCUT2D eigenvalue weighted by molar-refractivity contribution is -0.136. The van der Waals surface area contributed by atoms with E-state index in [0.717, 1.165) is 5.56 Å². The van der Waals surface area contributed by atoms with Crippen molar-refractivity contribution in [2.24, 2.45) is 0 Å². The summed E-state index contributed by atoms with van der Waals surface area (Å²) in [6, 6.07) is 13.1. The predicted octanol–water partition coefficient (Wildman–Crippen LogP) is 3.75. The van der Waals surface area contributed by atoms with E-state index in [1.807, 2.05) is 6.92 Å². The third-order valence-corrected chi connectivity index (χ3v) is 5.79. The molecule has 0 radical (unpaired) electrons. The van der Waals surface area contributed by atoms with E-state index in [4.69, 9.17) is 30.0 Å². The summed E-state index contributed by atoms with van der Waals surface area (Å²) in [6.45, 7) is 1.77. The number of carbonyl (C=O) groups excluding carboxylic acids is 1. The summed E-state index contributed by atoms with van der Waals surface area (Å²) in [4.78, 5) is 11.8. The molecule has 170 valence electrons. The van der Waals surface area contributed by atoms with Gasteiger partial charge in [-0.25, -0.2) is 4.79 Å². The number of esters is 1. The number of hydrogen-bond donors (Lipinski definition) is 1. The van der Waals surface area contributed by atoms with Gasteiger partial charge in [0.1, 0.15) is 25.6 Å². The van der Waals surface area contributed by atoms with E-state index < -0.39 is 21.8 Å². The fraction of sp³-hybridized carbons (Fsp3) is 0.227. The summed E-state index contributed by atoms with van der Waals surface area (Å²) in [5.41, 5.74) is 1.66. The number of hydrogen-bond acceptors (Lipinski definition) is 8. The van der Waals surface area contributed by atoms with Crippen LogP contribution in [0.4, 0.5) is 0 Å². The third-order valence-electron chi connectivity index (χ3n) is 4.31. The number of rotatable bonds is 10. The van der Waals surface area contributed by atoms with Gasteiger partial charge in [0.2, 0.25) is 5.76 Å². The predicted molar refractivity (Wildman–Crippen MR) is 116 cm³/mol. The Balaban J connectivity index is 1.46. The minimum Gasteiger partial charge on any atom is -0.501 e. The maximum absolute atomic E-state index is 12.1. The molecular formula is C22H21ClO8S. The Morgan fingerprint density at radius 3 is 2.38 bits per heavy atom. The fourth-order valence-corrected chi connectivity index (χ4v) is 3.69. The lowest BCUT2D eigenvalue weighted by atomic mass is 10.2. The average Bonchev–Trinajstić information content (AvgIpc) is 3.04. The molecule has 1 N–H and O–H groups in total. The van der Waals surface area contributed by atoms with Gasteiger partial charge in [0.15, 0.2) is 5.76 Å². The first kappa shape index (κ1) is 23.6. The van der Waals surface area contributed by atoms with Crippen molar-refractivity contribution < 1.29 is 36.7 Å². The Morgan fingerprint density at radius 2 is 1.72 bits per heavy atom. The Morgan fingerprint density at radius 1 is 1.03 bits per heavy atom. The van der Waals surface area contributed by atoms with Crippen molar-refractivity contribution in [1.82, 2.24) is 0 Å². The largest absolute Gasteiger partial charge is 0.501 e. The molecule has 0 aromatic heterocycles. The van der Waals surface area contributed by atoms with Gasteiger partial charge in [0, 0.05) is 5.88 Å². The molecule has 0 unspecified atom stereocenters. The zero-order valence-electron chi connectivity index (χ0n) is 17.1. The molecule has 0 aliphatic carbocycles. The monoisotopic (exact) mass is 480 g/mol. The summed E-state index contributed by atoms with van der Waals surface area (Å²) in [6.07, 6.45) is 1.35. The van der Waals surface area contributed by atoms with Crippen molar-refractivity contribution in [3.05, 3.63) is 83.0 Å². The zero-order chi connectivity index (χ0) is 23.1. The first-order chi connectivity index (χ1) is 15.3. The Kier molecular flexibility index (Phi) is 7.79. The molecular weight excluding hydrogens is 460 g/mol. The molecule has 0 saturated heterocycles. The van der Waals surface area contributed by atoms with Crippen molar-refractivity contribution >= 4 is 27.7 Å². The minimum atomic E-state index is -3.84. The van der Waals surface area contributed by atoms with Gasteiger partial charge in [-0.2, -0.15) is 8.42 Å². The summed E-state index contributed by atoms with van der Waals surface area (Å²) in [5.74, 6) is -0.927. The van der Waals surface area contributed by atoms with Crippen LogP contribution in [0, 0.1) is 6.92 Å². The second kappa shape index (κ2) is 10.5. The molecule has 0 bridgehead atoms. The minimum absolute atomic E-state index is 0.0147. The number of ether oxygens (including phenoxy) is 3. The number of carbonyl (C=O) groups is 1. The number of aliphatic hydroxyl groups excluding tert-OH is 1. The van der Waals surface area contributed by atoms with Crippen LogP contribution in [0.3, 0.4) is 0 Å². The Bertz CT molecular complexity index is 1120. The summed E-state index contributed by atoms with van der Waals surface area (Å²) in [7, 11) is -3.84. The molecule has 0 amide bonds. The van der Waals surface area contributed by atoms with Gasteiger partial charge in [-0.05, 0) is 42.8 Å². The molecule has 1 aliphatic rings. The zero-order valence-corrected chi connectivity index (χ0v) is 18.7. The summed E-state index contributed by atoms with van der Waals surface area (Å²) < 4.78 is 44.9. The van der Waals surface area contributed by atoms with E-state index in [2.05, 4.69) is 0 Å². The number of benzene rings is 2. The molecule has 0 saturated carbocycles. The molecule has 2 aromatic carbocycles. The smallest absolute Gasteiger partial charge is 0.383 e. The van der Waals surface area contributed by atoms with Crippen molar-refractivity contribution in [1.29, 1.82) is 0 Å². The Labute approximate surface area is 190 Å².